The number of nitrogens with zero attached hydrogens (tertiary/aromatic N) is 1. The number of quaternary nitrogens is 1. The van der Waals surface area contributed by atoms with E-state index < -0.39 is 5.09 Å². The fraction of sp³-hybridized carbons (Fsp3) is 0. The molecule has 0 rings (SSSR count). The topological polar surface area (TPSA) is 103 Å². The van der Waals surface area contributed by atoms with Crippen LogP contribution in [-0.4, -0.2) is 79.5 Å². The Morgan fingerprint density at radius 3 is 1.29 bits per heavy atom. The van der Waals surface area contributed by atoms with Gasteiger partial charge in [0.1, 0.15) is 0 Å². The summed E-state index contributed by atoms with van der Waals surface area (Å²) < 4.78 is 0. The zero-order chi connectivity index (χ0) is 3.58. The summed E-state index contributed by atoms with van der Waals surface area (Å²) in [6, 6.07) is 0. The van der Waals surface area contributed by atoms with Crippen molar-refractivity contribution < 1.29 is 5.09 Å². The molecule has 0 atom stereocenters. The SMILES string of the molecule is O=[N+]([O-])[O-].[K].[Mg].[NH4+]. The molecule has 0 amide bonds. The van der Waals surface area contributed by atoms with Gasteiger partial charge in [0.25, 0.3) is 0 Å². The predicted octanol–water partition coefficient (Wildman–Crippen LogP) is -0.625. The summed E-state index contributed by atoms with van der Waals surface area (Å²) in [5.41, 5.74) is 0. The van der Waals surface area contributed by atoms with Crippen LogP contribution in [0.3, 0.4) is 0 Å². The third-order valence-electron chi connectivity index (χ3n) is 0. The van der Waals surface area contributed by atoms with Gasteiger partial charge in [-0.3, -0.25) is 0 Å². The van der Waals surface area contributed by atoms with E-state index in [9.17, 15) is 0 Å². The van der Waals surface area contributed by atoms with E-state index in [1.54, 1.807) is 0 Å². The van der Waals surface area contributed by atoms with Crippen LogP contribution >= 0.6 is 0 Å². The Morgan fingerprint density at radius 1 is 1.29 bits per heavy atom. The Kier molecular flexibility index (Phi) is 52.6. The summed E-state index contributed by atoms with van der Waals surface area (Å²) in [5, 5.41) is 14.8. The molecule has 5 nitrogen and oxygen atoms in total. The van der Waals surface area contributed by atoms with Crippen molar-refractivity contribution in [2.75, 3.05) is 0 Å². The average molecular weight is 143 g/mol. The van der Waals surface area contributed by atoms with E-state index >= 15 is 0 Å². The molecule has 4 N–H and O–H groups in total. The van der Waals surface area contributed by atoms with Crippen molar-refractivity contribution in [2.45, 2.75) is 0 Å². The van der Waals surface area contributed by atoms with Gasteiger partial charge in [-0.05, 0) is 0 Å². The van der Waals surface area contributed by atoms with Gasteiger partial charge in [-0.2, -0.15) is 0 Å². The van der Waals surface area contributed by atoms with Crippen LogP contribution in [0.1, 0.15) is 0 Å². The summed E-state index contributed by atoms with van der Waals surface area (Å²) in [4.78, 5) is 8.25. The van der Waals surface area contributed by atoms with Crippen LogP contribution in [0.5, 0.6) is 0 Å². The second kappa shape index (κ2) is 15.6. The Morgan fingerprint density at radius 2 is 1.29 bits per heavy atom. The van der Waals surface area contributed by atoms with Crippen molar-refractivity contribution in [1.29, 1.82) is 0 Å². The van der Waals surface area contributed by atoms with Gasteiger partial charge in [0.2, 0.25) is 0 Å². The molecule has 3 radical (unpaired) electrons. The first-order valence-corrected chi connectivity index (χ1v) is 0.548. The second-order valence-corrected chi connectivity index (χ2v) is 0.224. The number of hydrogen-bond acceptors (Lipinski definition) is 3. The Balaban J connectivity index is -0.0000000150. The molecule has 0 unspecified atom stereocenters. The van der Waals surface area contributed by atoms with Crippen LogP contribution in [0.15, 0.2) is 0 Å². The fourth-order valence-corrected chi connectivity index (χ4v) is 0. The quantitative estimate of drug-likeness (QED) is 0.277. The van der Waals surface area contributed by atoms with E-state index in [4.69, 9.17) is 15.3 Å². The van der Waals surface area contributed by atoms with Crippen molar-refractivity contribution in [2.24, 2.45) is 0 Å². The first-order valence-electron chi connectivity index (χ1n) is 0.548. The van der Waals surface area contributed by atoms with Gasteiger partial charge in [-0.15, -0.1) is 0 Å². The van der Waals surface area contributed by atoms with E-state index in [2.05, 4.69) is 0 Å². The van der Waals surface area contributed by atoms with Gasteiger partial charge in [0, 0.05) is 74.4 Å². The van der Waals surface area contributed by atoms with Gasteiger partial charge in [0.15, 0.2) is 0 Å². The summed E-state index contributed by atoms with van der Waals surface area (Å²) in [5.74, 6) is 0. The van der Waals surface area contributed by atoms with Crippen molar-refractivity contribution in [3.63, 3.8) is 0 Å². The van der Waals surface area contributed by atoms with Gasteiger partial charge in [-0.25, -0.2) is 0 Å². The van der Waals surface area contributed by atoms with Crippen molar-refractivity contribution in [1.82, 2.24) is 6.15 Å². The third kappa shape index (κ3) is 95.8. The van der Waals surface area contributed by atoms with Gasteiger partial charge in [-0.1, -0.05) is 0 Å². The third-order valence-corrected chi connectivity index (χ3v) is 0. The van der Waals surface area contributed by atoms with E-state index in [0.717, 1.165) is 0 Å². The molecule has 0 fully saturated rings. The zero-order valence-electron chi connectivity index (χ0n) is 4.38. The molecule has 0 aliphatic carbocycles. The molecule has 35 valence electrons. The van der Waals surface area contributed by atoms with Gasteiger partial charge in [0.05, 0.1) is 5.09 Å². The molecule has 0 saturated heterocycles. The predicted molar refractivity (Wildman–Crippen MR) is 27.9 cm³/mol. The zero-order valence-corrected chi connectivity index (χ0v) is 8.92. The molecular formula is H4KMgN2O3. The van der Waals surface area contributed by atoms with Crippen molar-refractivity contribution in [3.8, 4) is 0 Å². The first kappa shape index (κ1) is 23.5. The van der Waals surface area contributed by atoms with Crippen LogP contribution in [0.4, 0.5) is 0 Å². The van der Waals surface area contributed by atoms with Crippen LogP contribution in [-0.2, 0) is 0 Å². The normalized spacial score (nSPS) is 3.43. The molecule has 0 bridgehead atoms. The molecule has 0 saturated carbocycles. The molecule has 7 heteroatoms. The average Bonchev–Trinajstić information content (AvgIpc) is 0.811. The molecule has 0 heterocycles. The minimum atomic E-state index is -1.75. The van der Waals surface area contributed by atoms with Crippen LogP contribution < -0.4 is 6.15 Å². The maximum Gasteiger partial charge on any atom is 0.0689 e. The molecule has 0 aromatic rings. The molecule has 0 aromatic heterocycles. The van der Waals surface area contributed by atoms with Crippen LogP contribution in [0.2, 0.25) is 0 Å². The smallest absolute Gasteiger partial charge is 0.0689 e. The second-order valence-electron chi connectivity index (χ2n) is 0.224. The Hall–Kier alpha value is 1.56. The first-order chi connectivity index (χ1) is 1.73. The van der Waals surface area contributed by atoms with E-state index in [1.807, 2.05) is 0 Å². The maximum absolute atomic E-state index is 8.25. The fourth-order valence-electron chi connectivity index (χ4n) is 0. The van der Waals surface area contributed by atoms with E-state index in [1.165, 1.54) is 0 Å². The molecule has 7 heavy (non-hydrogen) atoms. The Bertz CT molecular complexity index is 35.9. The minimum absolute atomic E-state index is 0. The minimum Gasteiger partial charge on any atom is -0.369 e. The maximum atomic E-state index is 8.25. The van der Waals surface area contributed by atoms with Crippen molar-refractivity contribution in [3.05, 3.63) is 15.3 Å². The standard InChI is InChI=1S/K.Mg.NO3.H3N/c;;2-1(3)4;/h;;;1H3/q;;-1;/p+1. The summed E-state index contributed by atoms with van der Waals surface area (Å²) >= 11 is 0. The molecule has 0 aliphatic heterocycles. The van der Waals surface area contributed by atoms with Gasteiger partial charge < -0.3 is 21.5 Å². The number of hydrogen-bond donors (Lipinski definition) is 1. The summed E-state index contributed by atoms with van der Waals surface area (Å²) in [6.45, 7) is 0. The molecule has 0 aromatic carbocycles. The van der Waals surface area contributed by atoms with Crippen molar-refractivity contribution >= 4 is 74.4 Å². The Labute approximate surface area is 99.1 Å². The molecular weight excluding hydrogens is 139 g/mol. The van der Waals surface area contributed by atoms with Crippen LogP contribution in [0, 0.1) is 15.3 Å². The summed E-state index contributed by atoms with van der Waals surface area (Å²) in [7, 11) is 0. The summed E-state index contributed by atoms with van der Waals surface area (Å²) in [6.07, 6.45) is 0. The molecule has 0 spiro atoms. The largest absolute Gasteiger partial charge is 0.369 e. The van der Waals surface area contributed by atoms with Gasteiger partial charge >= 0.3 is 0 Å². The van der Waals surface area contributed by atoms with Crippen LogP contribution in [0.25, 0.3) is 0 Å². The van der Waals surface area contributed by atoms with E-state index in [0.29, 0.717) is 0 Å². The van der Waals surface area contributed by atoms with E-state index in [-0.39, 0.29) is 80.6 Å². The monoisotopic (exact) mass is 143 g/mol. The molecule has 0 aliphatic rings. The number of rotatable bonds is 0.